The lowest BCUT2D eigenvalue weighted by Gasteiger charge is -2.35. The van der Waals surface area contributed by atoms with E-state index >= 15 is 0 Å². The molecule has 19 heavy (non-hydrogen) atoms. The SMILES string of the molecule is CCCN(CC(=O)OC)CC(=O)N1CCCCC1C. The van der Waals surface area contributed by atoms with Crippen molar-refractivity contribution < 1.29 is 14.3 Å². The number of piperidine rings is 1. The zero-order chi connectivity index (χ0) is 14.3. The van der Waals surface area contributed by atoms with Crippen molar-refractivity contribution in [1.82, 2.24) is 9.80 Å². The fraction of sp³-hybridized carbons (Fsp3) is 0.857. The standard InChI is InChI=1S/C14H26N2O3/c1-4-8-15(11-14(18)19-3)10-13(17)16-9-6-5-7-12(16)2/h12H,4-11H2,1-3H3. The molecule has 1 rings (SSSR count). The normalized spacial score (nSPS) is 19.6. The lowest BCUT2D eigenvalue weighted by atomic mass is 10.0. The first-order valence-corrected chi connectivity index (χ1v) is 7.17. The maximum absolute atomic E-state index is 12.3. The van der Waals surface area contributed by atoms with E-state index in [-0.39, 0.29) is 18.4 Å². The van der Waals surface area contributed by atoms with E-state index in [2.05, 4.69) is 11.7 Å². The van der Waals surface area contributed by atoms with Gasteiger partial charge in [-0.3, -0.25) is 14.5 Å². The van der Waals surface area contributed by atoms with Crippen molar-refractivity contribution in [2.24, 2.45) is 0 Å². The number of amides is 1. The predicted molar refractivity (Wildman–Crippen MR) is 73.8 cm³/mol. The molecule has 0 saturated carbocycles. The van der Waals surface area contributed by atoms with Gasteiger partial charge in [0.2, 0.25) is 5.91 Å². The average molecular weight is 270 g/mol. The van der Waals surface area contributed by atoms with E-state index < -0.39 is 0 Å². The quantitative estimate of drug-likeness (QED) is 0.682. The molecular weight excluding hydrogens is 244 g/mol. The third-order valence-corrected chi connectivity index (χ3v) is 3.60. The molecule has 1 heterocycles. The van der Waals surface area contributed by atoms with E-state index in [4.69, 9.17) is 0 Å². The Labute approximate surface area is 115 Å². The Morgan fingerprint density at radius 2 is 2.05 bits per heavy atom. The van der Waals surface area contributed by atoms with Gasteiger partial charge in [-0.25, -0.2) is 0 Å². The van der Waals surface area contributed by atoms with Gasteiger partial charge in [0.15, 0.2) is 0 Å². The largest absolute Gasteiger partial charge is 0.468 e. The van der Waals surface area contributed by atoms with Gasteiger partial charge >= 0.3 is 5.97 Å². The minimum atomic E-state index is -0.284. The number of hydrogen-bond acceptors (Lipinski definition) is 4. The zero-order valence-corrected chi connectivity index (χ0v) is 12.4. The maximum atomic E-state index is 12.3. The van der Waals surface area contributed by atoms with Crippen molar-refractivity contribution in [1.29, 1.82) is 0 Å². The van der Waals surface area contributed by atoms with Gasteiger partial charge in [-0.2, -0.15) is 0 Å². The van der Waals surface area contributed by atoms with Crippen LogP contribution in [0.4, 0.5) is 0 Å². The topological polar surface area (TPSA) is 49.9 Å². The van der Waals surface area contributed by atoms with Crippen LogP contribution < -0.4 is 0 Å². The van der Waals surface area contributed by atoms with Crippen LogP contribution in [0.25, 0.3) is 0 Å². The molecule has 0 radical (unpaired) electrons. The third kappa shape index (κ3) is 5.19. The number of carbonyl (C=O) groups excluding carboxylic acids is 2. The molecule has 0 N–H and O–H groups in total. The van der Waals surface area contributed by atoms with Crippen LogP contribution in [0.15, 0.2) is 0 Å². The van der Waals surface area contributed by atoms with Gasteiger partial charge in [0.1, 0.15) is 0 Å². The van der Waals surface area contributed by atoms with Gasteiger partial charge < -0.3 is 9.64 Å². The minimum absolute atomic E-state index is 0.129. The molecule has 1 aliphatic heterocycles. The van der Waals surface area contributed by atoms with E-state index in [9.17, 15) is 9.59 Å². The molecule has 0 bridgehead atoms. The number of carbonyl (C=O) groups is 2. The molecule has 0 aliphatic carbocycles. The lowest BCUT2D eigenvalue weighted by molar-refractivity contribution is -0.143. The highest BCUT2D eigenvalue weighted by molar-refractivity contribution is 5.79. The summed E-state index contributed by atoms with van der Waals surface area (Å²) in [6.07, 6.45) is 4.28. The van der Waals surface area contributed by atoms with Crippen molar-refractivity contribution >= 4 is 11.9 Å². The molecule has 1 unspecified atom stereocenters. The Hall–Kier alpha value is -1.10. The number of methoxy groups -OCH3 is 1. The summed E-state index contributed by atoms with van der Waals surface area (Å²) in [5, 5.41) is 0. The Morgan fingerprint density at radius 3 is 2.63 bits per heavy atom. The summed E-state index contributed by atoms with van der Waals surface area (Å²) in [5.41, 5.74) is 0. The highest BCUT2D eigenvalue weighted by Gasteiger charge is 2.25. The Kier molecular flexibility index (Phi) is 6.84. The van der Waals surface area contributed by atoms with Gasteiger partial charge in [0, 0.05) is 12.6 Å². The minimum Gasteiger partial charge on any atom is -0.468 e. The van der Waals surface area contributed by atoms with Crippen molar-refractivity contribution in [3.63, 3.8) is 0 Å². The second-order valence-electron chi connectivity index (χ2n) is 5.22. The molecule has 1 saturated heterocycles. The van der Waals surface area contributed by atoms with Gasteiger partial charge in [-0.15, -0.1) is 0 Å². The molecule has 0 aromatic carbocycles. The number of ether oxygens (including phenoxy) is 1. The molecular formula is C14H26N2O3. The number of esters is 1. The summed E-state index contributed by atoms with van der Waals surface area (Å²) >= 11 is 0. The molecule has 1 amide bonds. The van der Waals surface area contributed by atoms with E-state index in [1.807, 2.05) is 16.7 Å². The molecule has 0 spiro atoms. The zero-order valence-electron chi connectivity index (χ0n) is 12.4. The molecule has 5 nitrogen and oxygen atoms in total. The van der Waals surface area contributed by atoms with Crippen LogP contribution in [0.5, 0.6) is 0 Å². The first-order chi connectivity index (χ1) is 9.08. The fourth-order valence-corrected chi connectivity index (χ4v) is 2.53. The monoisotopic (exact) mass is 270 g/mol. The summed E-state index contributed by atoms with van der Waals surface area (Å²) in [5.74, 6) is -0.155. The van der Waals surface area contributed by atoms with Crippen LogP contribution in [-0.2, 0) is 14.3 Å². The van der Waals surface area contributed by atoms with E-state index in [1.165, 1.54) is 13.5 Å². The predicted octanol–water partition coefficient (Wildman–Crippen LogP) is 1.27. The van der Waals surface area contributed by atoms with Crippen molar-refractivity contribution in [3.05, 3.63) is 0 Å². The number of rotatable bonds is 6. The van der Waals surface area contributed by atoms with Crippen LogP contribution in [0.3, 0.4) is 0 Å². The summed E-state index contributed by atoms with van der Waals surface area (Å²) < 4.78 is 4.67. The van der Waals surface area contributed by atoms with E-state index in [0.717, 1.165) is 32.4 Å². The smallest absolute Gasteiger partial charge is 0.319 e. The van der Waals surface area contributed by atoms with Crippen molar-refractivity contribution in [2.45, 2.75) is 45.6 Å². The molecule has 5 heteroatoms. The summed E-state index contributed by atoms with van der Waals surface area (Å²) in [4.78, 5) is 27.4. The lowest BCUT2D eigenvalue weighted by Crippen LogP contribution is -2.48. The molecule has 0 aromatic heterocycles. The van der Waals surface area contributed by atoms with Crippen molar-refractivity contribution in [3.8, 4) is 0 Å². The Morgan fingerprint density at radius 1 is 1.32 bits per heavy atom. The van der Waals surface area contributed by atoms with Gasteiger partial charge in [0.25, 0.3) is 0 Å². The maximum Gasteiger partial charge on any atom is 0.319 e. The van der Waals surface area contributed by atoms with E-state index in [0.29, 0.717) is 12.6 Å². The summed E-state index contributed by atoms with van der Waals surface area (Å²) in [6.45, 7) is 6.23. The average Bonchev–Trinajstić information content (AvgIpc) is 2.39. The Balaban J connectivity index is 2.52. The highest BCUT2D eigenvalue weighted by atomic mass is 16.5. The van der Waals surface area contributed by atoms with Crippen LogP contribution in [0, 0.1) is 0 Å². The summed E-state index contributed by atoms with van der Waals surface area (Å²) in [6, 6.07) is 0.322. The summed E-state index contributed by atoms with van der Waals surface area (Å²) in [7, 11) is 1.38. The first kappa shape index (κ1) is 16.0. The second kappa shape index (κ2) is 8.15. The molecule has 110 valence electrons. The van der Waals surface area contributed by atoms with Gasteiger partial charge in [-0.1, -0.05) is 6.92 Å². The molecule has 1 aliphatic rings. The Bertz CT molecular complexity index is 307. The van der Waals surface area contributed by atoms with Crippen LogP contribution in [0.1, 0.15) is 39.5 Å². The van der Waals surface area contributed by atoms with E-state index in [1.54, 1.807) is 0 Å². The molecule has 1 fully saturated rings. The van der Waals surface area contributed by atoms with Crippen molar-refractivity contribution in [2.75, 3.05) is 33.3 Å². The first-order valence-electron chi connectivity index (χ1n) is 7.17. The second-order valence-corrected chi connectivity index (χ2v) is 5.22. The van der Waals surface area contributed by atoms with Crippen LogP contribution >= 0.6 is 0 Å². The highest BCUT2D eigenvalue weighted by Crippen LogP contribution is 2.16. The number of likely N-dealkylation sites (tertiary alicyclic amines) is 1. The number of hydrogen-bond donors (Lipinski definition) is 0. The molecule has 0 aromatic rings. The van der Waals surface area contributed by atoms with Gasteiger partial charge in [0.05, 0.1) is 20.2 Å². The van der Waals surface area contributed by atoms with Crippen LogP contribution in [-0.4, -0.2) is 61.0 Å². The van der Waals surface area contributed by atoms with Gasteiger partial charge in [-0.05, 0) is 39.2 Å². The number of nitrogens with zero attached hydrogens (tertiary/aromatic N) is 2. The molecule has 1 atom stereocenters. The third-order valence-electron chi connectivity index (χ3n) is 3.60. The fourth-order valence-electron chi connectivity index (χ4n) is 2.53. The van der Waals surface area contributed by atoms with Crippen LogP contribution in [0.2, 0.25) is 0 Å².